The molecule has 3 heterocycles. The molecular weight excluding hydrogens is 397 g/mol. The van der Waals surface area contributed by atoms with Crippen LogP contribution in [-0.2, 0) is 16.1 Å². The zero-order chi connectivity index (χ0) is 20.4. The van der Waals surface area contributed by atoms with Crippen LogP contribution >= 0.6 is 11.8 Å². The highest BCUT2D eigenvalue weighted by Crippen LogP contribution is 2.29. The molecular formula is C19H22FN5O3S. The number of hydrogen-bond acceptors (Lipinski definition) is 6. The second-order valence-electron chi connectivity index (χ2n) is 7.04. The van der Waals surface area contributed by atoms with Gasteiger partial charge in [-0.25, -0.2) is 9.18 Å². The molecule has 2 aromatic rings. The molecule has 2 aliphatic heterocycles. The molecule has 154 valence electrons. The Balaban J connectivity index is 1.59. The predicted molar refractivity (Wildman–Crippen MR) is 105 cm³/mol. The molecule has 2 aliphatic rings. The SMILES string of the molecule is C[C@@H](Sc1nnc(-c2ccc(F)cc2)n1C[C@@H]1CCCO1)C(=O)N1CCNC1=O. The number of imide groups is 1. The molecule has 8 nitrogen and oxygen atoms in total. The van der Waals surface area contributed by atoms with E-state index in [0.717, 1.165) is 25.0 Å². The highest BCUT2D eigenvalue weighted by Gasteiger charge is 2.32. The minimum Gasteiger partial charge on any atom is -0.376 e. The van der Waals surface area contributed by atoms with E-state index in [2.05, 4.69) is 15.5 Å². The third kappa shape index (κ3) is 4.27. The van der Waals surface area contributed by atoms with Crippen molar-refractivity contribution in [3.63, 3.8) is 0 Å². The van der Waals surface area contributed by atoms with Crippen LogP contribution in [0.4, 0.5) is 9.18 Å². The third-order valence-corrected chi connectivity index (χ3v) is 6.05. The first-order valence-corrected chi connectivity index (χ1v) is 10.5. The van der Waals surface area contributed by atoms with E-state index in [1.54, 1.807) is 19.1 Å². The number of aromatic nitrogens is 3. The van der Waals surface area contributed by atoms with Crippen LogP contribution in [0.2, 0.25) is 0 Å². The van der Waals surface area contributed by atoms with Gasteiger partial charge in [-0.3, -0.25) is 14.3 Å². The van der Waals surface area contributed by atoms with Crippen molar-refractivity contribution in [3.05, 3.63) is 30.1 Å². The van der Waals surface area contributed by atoms with E-state index < -0.39 is 5.25 Å². The average molecular weight is 419 g/mol. The lowest BCUT2D eigenvalue weighted by molar-refractivity contribution is -0.126. The molecule has 29 heavy (non-hydrogen) atoms. The van der Waals surface area contributed by atoms with Crippen LogP contribution in [0.15, 0.2) is 29.4 Å². The number of thioether (sulfide) groups is 1. The Hall–Kier alpha value is -2.46. The number of rotatable bonds is 6. The highest BCUT2D eigenvalue weighted by molar-refractivity contribution is 8.00. The van der Waals surface area contributed by atoms with Crippen LogP contribution in [0.3, 0.4) is 0 Å². The van der Waals surface area contributed by atoms with Crippen molar-refractivity contribution in [1.82, 2.24) is 25.0 Å². The lowest BCUT2D eigenvalue weighted by Crippen LogP contribution is -2.39. The first-order valence-electron chi connectivity index (χ1n) is 9.59. The van der Waals surface area contributed by atoms with Crippen molar-refractivity contribution in [2.75, 3.05) is 19.7 Å². The normalized spacial score (nSPS) is 20.1. The fraction of sp³-hybridized carbons (Fsp3) is 0.474. The Kier molecular flexibility index (Phi) is 5.81. The van der Waals surface area contributed by atoms with Crippen LogP contribution in [0.1, 0.15) is 19.8 Å². The second kappa shape index (κ2) is 8.50. The quantitative estimate of drug-likeness (QED) is 0.723. The van der Waals surface area contributed by atoms with Gasteiger partial charge in [0, 0.05) is 25.3 Å². The van der Waals surface area contributed by atoms with E-state index in [9.17, 15) is 14.0 Å². The molecule has 2 saturated heterocycles. The monoisotopic (exact) mass is 419 g/mol. The molecule has 0 aliphatic carbocycles. The number of amides is 3. The van der Waals surface area contributed by atoms with Crippen molar-refractivity contribution in [2.24, 2.45) is 0 Å². The third-order valence-electron chi connectivity index (χ3n) is 4.98. The van der Waals surface area contributed by atoms with Gasteiger partial charge in [0.25, 0.3) is 0 Å². The Bertz CT molecular complexity index is 898. The largest absolute Gasteiger partial charge is 0.376 e. The summed E-state index contributed by atoms with van der Waals surface area (Å²) in [5.41, 5.74) is 0.738. The molecule has 1 N–H and O–H groups in total. The Labute approximate surface area is 171 Å². The van der Waals surface area contributed by atoms with E-state index in [4.69, 9.17) is 4.74 Å². The highest BCUT2D eigenvalue weighted by atomic mass is 32.2. The number of carbonyl (C=O) groups is 2. The first kappa shape index (κ1) is 19.8. The zero-order valence-corrected chi connectivity index (χ0v) is 16.8. The topological polar surface area (TPSA) is 89.3 Å². The summed E-state index contributed by atoms with van der Waals surface area (Å²) in [7, 11) is 0. The number of urea groups is 1. The van der Waals surface area contributed by atoms with Gasteiger partial charge >= 0.3 is 6.03 Å². The van der Waals surface area contributed by atoms with Gasteiger partial charge in [-0.15, -0.1) is 10.2 Å². The maximum Gasteiger partial charge on any atom is 0.324 e. The fourth-order valence-electron chi connectivity index (χ4n) is 3.45. The summed E-state index contributed by atoms with van der Waals surface area (Å²) in [6.45, 7) is 3.85. The molecule has 4 rings (SSSR count). The summed E-state index contributed by atoms with van der Waals surface area (Å²) in [6, 6.07) is 5.71. The van der Waals surface area contributed by atoms with Gasteiger partial charge in [-0.1, -0.05) is 11.8 Å². The summed E-state index contributed by atoms with van der Waals surface area (Å²) in [5.74, 6) is 0.0122. The van der Waals surface area contributed by atoms with E-state index >= 15 is 0 Å². The number of carbonyl (C=O) groups excluding carboxylic acids is 2. The van der Waals surface area contributed by atoms with E-state index in [-0.39, 0.29) is 23.9 Å². The Morgan fingerprint density at radius 2 is 2.17 bits per heavy atom. The molecule has 2 fully saturated rings. The van der Waals surface area contributed by atoms with Crippen molar-refractivity contribution < 1.29 is 18.7 Å². The van der Waals surface area contributed by atoms with E-state index in [1.807, 2.05) is 4.57 Å². The fourth-order valence-corrected chi connectivity index (χ4v) is 4.38. The molecule has 2 atom stereocenters. The summed E-state index contributed by atoms with van der Waals surface area (Å²) >= 11 is 1.26. The molecule has 0 bridgehead atoms. The van der Waals surface area contributed by atoms with Crippen molar-refractivity contribution in [3.8, 4) is 11.4 Å². The maximum atomic E-state index is 13.3. The zero-order valence-electron chi connectivity index (χ0n) is 16.0. The molecule has 0 saturated carbocycles. The van der Waals surface area contributed by atoms with Crippen LogP contribution in [0, 0.1) is 5.82 Å². The van der Waals surface area contributed by atoms with Gasteiger partial charge in [0.2, 0.25) is 5.91 Å². The maximum absolute atomic E-state index is 13.3. The number of nitrogens with zero attached hydrogens (tertiary/aromatic N) is 4. The predicted octanol–water partition coefficient (Wildman–Crippen LogP) is 2.30. The molecule has 1 aromatic heterocycles. The molecule has 1 aromatic carbocycles. The van der Waals surface area contributed by atoms with Gasteiger partial charge in [-0.2, -0.15) is 0 Å². The number of benzene rings is 1. The van der Waals surface area contributed by atoms with E-state index in [0.29, 0.717) is 30.6 Å². The molecule has 3 amide bonds. The molecule has 0 unspecified atom stereocenters. The average Bonchev–Trinajstić information content (AvgIpc) is 3.45. The summed E-state index contributed by atoms with van der Waals surface area (Å²) in [6.07, 6.45) is 1.98. The molecule has 10 heteroatoms. The van der Waals surface area contributed by atoms with Crippen LogP contribution in [0.25, 0.3) is 11.4 Å². The van der Waals surface area contributed by atoms with E-state index in [1.165, 1.54) is 28.8 Å². The second-order valence-corrected chi connectivity index (χ2v) is 8.35. The van der Waals surface area contributed by atoms with Gasteiger partial charge in [-0.05, 0) is 44.0 Å². The summed E-state index contributed by atoms with van der Waals surface area (Å²) in [5, 5.41) is 11.3. The number of nitrogens with one attached hydrogen (secondary N) is 1. The minimum absolute atomic E-state index is 0.0416. The van der Waals surface area contributed by atoms with Crippen LogP contribution in [0.5, 0.6) is 0 Å². The van der Waals surface area contributed by atoms with Gasteiger partial charge in [0.1, 0.15) is 5.82 Å². The number of ether oxygens (including phenoxy) is 1. The Morgan fingerprint density at radius 3 is 2.83 bits per heavy atom. The Morgan fingerprint density at radius 1 is 1.38 bits per heavy atom. The van der Waals surface area contributed by atoms with Gasteiger partial charge < -0.3 is 10.1 Å². The van der Waals surface area contributed by atoms with Crippen LogP contribution < -0.4 is 5.32 Å². The summed E-state index contributed by atoms with van der Waals surface area (Å²) < 4.78 is 21.0. The lowest BCUT2D eigenvalue weighted by atomic mass is 10.2. The van der Waals surface area contributed by atoms with Gasteiger partial charge in [0.05, 0.1) is 17.9 Å². The first-order chi connectivity index (χ1) is 14.0. The molecule has 0 spiro atoms. The van der Waals surface area contributed by atoms with Gasteiger partial charge in [0.15, 0.2) is 11.0 Å². The van der Waals surface area contributed by atoms with Crippen molar-refractivity contribution in [1.29, 1.82) is 0 Å². The van der Waals surface area contributed by atoms with Crippen molar-refractivity contribution in [2.45, 2.75) is 42.8 Å². The number of halogens is 1. The summed E-state index contributed by atoms with van der Waals surface area (Å²) in [4.78, 5) is 25.7. The smallest absolute Gasteiger partial charge is 0.324 e. The van der Waals surface area contributed by atoms with Crippen molar-refractivity contribution >= 4 is 23.7 Å². The standard InChI is InChI=1S/C19H22FN5O3S/c1-12(17(26)24-9-8-21-18(24)27)29-19-23-22-16(13-4-6-14(20)7-5-13)25(19)11-15-3-2-10-28-15/h4-7,12,15H,2-3,8-11H2,1H3,(H,21,27)/t12-,15+/m1/s1. The number of hydrogen-bond donors (Lipinski definition) is 1. The van der Waals surface area contributed by atoms with Crippen LogP contribution in [-0.4, -0.2) is 62.7 Å². The molecule has 0 radical (unpaired) electrons. The lowest BCUT2D eigenvalue weighted by Gasteiger charge is -2.19. The minimum atomic E-state index is -0.507.